The van der Waals surface area contributed by atoms with Crippen molar-refractivity contribution in [2.24, 2.45) is 16.0 Å². The van der Waals surface area contributed by atoms with Gasteiger partial charge in [-0.05, 0) is 6.92 Å². The molecule has 0 radical (unpaired) electrons. The highest BCUT2D eigenvalue weighted by molar-refractivity contribution is 7.89. The van der Waals surface area contributed by atoms with Gasteiger partial charge in [0.05, 0.1) is 12.3 Å². The molecule has 0 unspecified atom stereocenters. The number of nitrogens with two attached hydrogens (primary N) is 2. The van der Waals surface area contributed by atoms with Gasteiger partial charge in [0.25, 0.3) is 0 Å². The number of hydrazine groups is 1. The maximum Gasteiger partial charge on any atom is 0.210 e. The summed E-state index contributed by atoms with van der Waals surface area (Å²) in [7, 11) is -3.45. The fourth-order valence-electron chi connectivity index (χ4n) is 0.605. The van der Waals surface area contributed by atoms with E-state index in [0.717, 1.165) is 0 Å². The zero-order valence-corrected chi connectivity index (χ0v) is 8.26. The molecular formula is C5H15N5O2S. The molecule has 0 amide bonds. The monoisotopic (exact) mass is 209 g/mol. The minimum Gasteiger partial charge on any atom is -0.356 e. The van der Waals surface area contributed by atoms with Gasteiger partial charge in [0.15, 0.2) is 0 Å². The van der Waals surface area contributed by atoms with Crippen LogP contribution in [0.3, 0.4) is 0 Å². The summed E-state index contributed by atoms with van der Waals surface area (Å²) >= 11 is 0. The van der Waals surface area contributed by atoms with Crippen LogP contribution in [0.4, 0.5) is 0 Å². The fourth-order valence-corrected chi connectivity index (χ4v) is 0.950. The maximum atomic E-state index is 10.5. The van der Waals surface area contributed by atoms with E-state index in [-0.39, 0.29) is 12.3 Å². The zero-order valence-electron chi connectivity index (χ0n) is 7.45. The number of sulfonamides is 1. The number of hydrogen-bond donors (Lipinski definition) is 4. The van der Waals surface area contributed by atoms with Crippen molar-refractivity contribution in [3.63, 3.8) is 0 Å². The van der Waals surface area contributed by atoms with E-state index in [1.807, 2.05) is 6.92 Å². The first-order chi connectivity index (χ1) is 5.99. The van der Waals surface area contributed by atoms with E-state index in [0.29, 0.717) is 12.5 Å². The van der Waals surface area contributed by atoms with Gasteiger partial charge in [-0.25, -0.2) is 19.4 Å². The van der Waals surface area contributed by atoms with Crippen LogP contribution < -0.4 is 21.7 Å². The lowest BCUT2D eigenvalue weighted by Gasteiger charge is -2.05. The summed E-state index contributed by atoms with van der Waals surface area (Å²) in [6.07, 6.45) is 0. The van der Waals surface area contributed by atoms with Crippen LogP contribution in [0.15, 0.2) is 4.99 Å². The van der Waals surface area contributed by atoms with E-state index in [2.05, 4.69) is 15.7 Å². The molecule has 0 rings (SSSR count). The molecule has 0 spiro atoms. The van der Waals surface area contributed by atoms with Crippen LogP contribution in [0.2, 0.25) is 0 Å². The molecule has 0 aromatic rings. The van der Waals surface area contributed by atoms with Crippen molar-refractivity contribution in [1.29, 1.82) is 0 Å². The lowest BCUT2D eigenvalue weighted by Crippen LogP contribution is -2.41. The summed E-state index contributed by atoms with van der Waals surface area (Å²) in [6.45, 7) is 2.61. The van der Waals surface area contributed by atoms with Crippen LogP contribution in [-0.4, -0.2) is 33.2 Å². The van der Waals surface area contributed by atoms with Crippen molar-refractivity contribution in [2.75, 3.05) is 18.8 Å². The van der Waals surface area contributed by atoms with E-state index in [4.69, 9.17) is 11.0 Å². The highest BCUT2D eigenvalue weighted by Crippen LogP contribution is 1.78. The quantitative estimate of drug-likeness (QED) is 0.179. The normalized spacial score (nSPS) is 12.7. The smallest absolute Gasteiger partial charge is 0.210 e. The van der Waals surface area contributed by atoms with Crippen LogP contribution in [0.5, 0.6) is 0 Å². The largest absolute Gasteiger partial charge is 0.356 e. The highest BCUT2D eigenvalue weighted by Gasteiger charge is 2.00. The molecular weight excluding hydrogens is 194 g/mol. The van der Waals surface area contributed by atoms with Crippen LogP contribution in [0.1, 0.15) is 6.92 Å². The molecule has 0 saturated carbocycles. The van der Waals surface area contributed by atoms with E-state index < -0.39 is 10.0 Å². The van der Waals surface area contributed by atoms with Crippen molar-refractivity contribution in [3.8, 4) is 0 Å². The topological polar surface area (TPSA) is 123 Å². The molecule has 0 heterocycles. The van der Waals surface area contributed by atoms with Crippen molar-refractivity contribution < 1.29 is 8.42 Å². The Balaban J connectivity index is 3.93. The Morgan fingerprint density at radius 3 is 2.54 bits per heavy atom. The number of rotatable bonds is 4. The third kappa shape index (κ3) is 7.50. The summed E-state index contributed by atoms with van der Waals surface area (Å²) in [6, 6.07) is 0. The molecule has 0 aromatic carbocycles. The summed E-state index contributed by atoms with van der Waals surface area (Å²) in [5.74, 6) is 5.25. The molecule has 6 N–H and O–H groups in total. The zero-order chi connectivity index (χ0) is 10.3. The second-order valence-corrected chi connectivity index (χ2v) is 4.01. The Labute approximate surface area is 77.6 Å². The van der Waals surface area contributed by atoms with Gasteiger partial charge in [0.1, 0.15) is 0 Å². The predicted molar refractivity (Wildman–Crippen MR) is 51.3 cm³/mol. The van der Waals surface area contributed by atoms with Crippen LogP contribution in [-0.2, 0) is 10.0 Å². The first-order valence-electron chi connectivity index (χ1n) is 3.75. The molecule has 0 fully saturated rings. The number of primary sulfonamides is 1. The van der Waals surface area contributed by atoms with E-state index in [1.54, 1.807) is 0 Å². The minimum atomic E-state index is -3.45. The first-order valence-corrected chi connectivity index (χ1v) is 5.46. The Hall–Kier alpha value is -0.860. The number of nitrogens with one attached hydrogen (secondary N) is 2. The predicted octanol–water partition coefficient (Wildman–Crippen LogP) is -2.30. The third-order valence-corrected chi connectivity index (χ3v) is 1.88. The average molecular weight is 209 g/mol. The molecule has 8 heteroatoms. The number of hydrogen-bond acceptors (Lipinski definition) is 4. The van der Waals surface area contributed by atoms with Gasteiger partial charge in [-0.1, -0.05) is 0 Å². The molecule has 0 aliphatic carbocycles. The van der Waals surface area contributed by atoms with Gasteiger partial charge < -0.3 is 5.32 Å². The van der Waals surface area contributed by atoms with Crippen molar-refractivity contribution >= 4 is 16.0 Å². The molecule has 78 valence electrons. The SMILES string of the molecule is CCNC(=NCCS(N)(=O)=O)NN. The van der Waals surface area contributed by atoms with Gasteiger partial charge in [-0.2, -0.15) is 0 Å². The maximum absolute atomic E-state index is 10.5. The molecule has 13 heavy (non-hydrogen) atoms. The Morgan fingerprint density at radius 2 is 2.15 bits per heavy atom. The molecule has 0 atom stereocenters. The van der Waals surface area contributed by atoms with Crippen LogP contribution >= 0.6 is 0 Å². The molecule has 0 aromatic heterocycles. The Morgan fingerprint density at radius 1 is 1.54 bits per heavy atom. The van der Waals surface area contributed by atoms with E-state index >= 15 is 0 Å². The Bertz CT molecular complexity index is 260. The molecule has 0 saturated heterocycles. The standard InChI is InChI=1S/C5H15N5O2S/c1-2-8-5(10-6)9-3-4-13(7,11)12/h2-4,6H2,1H3,(H2,7,11,12)(H2,8,9,10). The van der Waals surface area contributed by atoms with Crippen molar-refractivity contribution in [1.82, 2.24) is 10.7 Å². The van der Waals surface area contributed by atoms with Gasteiger partial charge >= 0.3 is 0 Å². The third-order valence-electron chi connectivity index (χ3n) is 1.13. The molecule has 7 nitrogen and oxygen atoms in total. The van der Waals surface area contributed by atoms with Gasteiger partial charge in [-0.3, -0.25) is 10.4 Å². The summed E-state index contributed by atoms with van der Waals surface area (Å²) in [4.78, 5) is 3.83. The average Bonchev–Trinajstić information content (AvgIpc) is 2.01. The summed E-state index contributed by atoms with van der Waals surface area (Å²) in [5.41, 5.74) is 2.29. The molecule has 0 aliphatic rings. The summed E-state index contributed by atoms with van der Waals surface area (Å²) in [5, 5.41) is 7.56. The molecule has 0 bridgehead atoms. The van der Waals surface area contributed by atoms with Crippen LogP contribution in [0.25, 0.3) is 0 Å². The lowest BCUT2D eigenvalue weighted by atomic mass is 10.7. The minimum absolute atomic E-state index is 0.0887. The molecule has 0 aliphatic heterocycles. The highest BCUT2D eigenvalue weighted by atomic mass is 32.2. The number of nitrogens with zero attached hydrogens (tertiary/aromatic N) is 1. The van der Waals surface area contributed by atoms with E-state index in [1.165, 1.54) is 0 Å². The summed E-state index contributed by atoms with van der Waals surface area (Å²) < 4.78 is 21.0. The number of aliphatic imine (C=N–C) groups is 1. The fraction of sp³-hybridized carbons (Fsp3) is 0.800. The van der Waals surface area contributed by atoms with Crippen molar-refractivity contribution in [2.45, 2.75) is 6.92 Å². The second kappa shape index (κ2) is 5.73. The lowest BCUT2D eigenvalue weighted by molar-refractivity contribution is 0.597. The van der Waals surface area contributed by atoms with Crippen molar-refractivity contribution in [3.05, 3.63) is 0 Å². The number of guanidine groups is 1. The van der Waals surface area contributed by atoms with Gasteiger partial charge in [0, 0.05) is 6.54 Å². The second-order valence-electron chi connectivity index (χ2n) is 2.27. The first kappa shape index (κ1) is 12.1. The Kier molecular flexibility index (Phi) is 5.35. The van der Waals surface area contributed by atoms with Crippen LogP contribution in [0, 0.1) is 0 Å². The van der Waals surface area contributed by atoms with Gasteiger partial charge in [0.2, 0.25) is 16.0 Å². The van der Waals surface area contributed by atoms with E-state index in [9.17, 15) is 8.42 Å². The van der Waals surface area contributed by atoms with Gasteiger partial charge in [-0.15, -0.1) is 0 Å².